The number of nitrogens with one attached hydrogen (secondary N) is 1. The molecule has 1 aromatic carbocycles. The van der Waals surface area contributed by atoms with Gasteiger partial charge in [0.05, 0.1) is 5.56 Å². The summed E-state index contributed by atoms with van der Waals surface area (Å²) in [4.78, 5) is 4.09. The Morgan fingerprint density at radius 2 is 2.00 bits per heavy atom. The van der Waals surface area contributed by atoms with E-state index in [1.807, 2.05) is 17.7 Å². The number of hydrogen-bond donors (Lipinski definition) is 1. The van der Waals surface area contributed by atoms with Gasteiger partial charge in [0.1, 0.15) is 5.82 Å². The first kappa shape index (κ1) is 14.6. The highest BCUT2D eigenvalue weighted by atomic mass is 19.4. The van der Waals surface area contributed by atoms with E-state index in [0.29, 0.717) is 13.1 Å². The molecule has 0 saturated heterocycles. The molecule has 1 N–H and O–H groups in total. The van der Waals surface area contributed by atoms with Gasteiger partial charge in [-0.1, -0.05) is 18.2 Å². The van der Waals surface area contributed by atoms with Crippen molar-refractivity contribution in [1.82, 2.24) is 14.9 Å². The van der Waals surface area contributed by atoms with Gasteiger partial charge in [0.15, 0.2) is 0 Å². The van der Waals surface area contributed by atoms with Crippen molar-refractivity contribution in [2.45, 2.75) is 26.2 Å². The molecule has 0 spiro atoms. The topological polar surface area (TPSA) is 29.9 Å². The lowest BCUT2D eigenvalue weighted by Gasteiger charge is -2.13. The van der Waals surface area contributed by atoms with Gasteiger partial charge in [0.25, 0.3) is 0 Å². The third-order valence-corrected chi connectivity index (χ3v) is 3.09. The van der Waals surface area contributed by atoms with Crippen LogP contribution in [0.3, 0.4) is 0 Å². The minimum absolute atomic E-state index is 0.198. The van der Waals surface area contributed by atoms with Crippen LogP contribution in [0.2, 0.25) is 0 Å². The predicted octanol–water partition coefficient (Wildman–Crippen LogP) is 3.00. The van der Waals surface area contributed by atoms with E-state index in [4.69, 9.17) is 0 Å². The number of hydrogen-bond acceptors (Lipinski definition) is 2. The molecule has 0 unspecified atom stereocenters. The highest BCUT2D eigenvalue weighted by molar-refractivity contribution is 5.29. The van der Waals surface area contributed by atoms with Gasteiger partial charge in [-0.2, -0.15) is 13.2 Å². The molecule has 0 radical (unpaired) electrons. The molecule has 0 saturated carbocycles. The minimum Gasteiger partial charge on any atom is -0.334 e. The summed E-state index contributed by atoms with van der Waals surface area (Å²) in [7, 11) is 0. The van der Waals surface area contributed by atoms with Crippen molar-refractivity contribution in [3.8, 4) is 0 Å². The molecule has 0 fully saturated rings. The summed E-state index contributed by atoms with van der Waals surface area (Å²) in [5.74, 6) is 0.891. The smallest absolute Gasteiger partial charge is 0.334 e. The first-order valence-electron chi connectivity index (χ1n) is 6.32. The van der Waals surface area contributed by atoms with E-state index < -0.39 is 11.7 Å². The molecule has 0 bridgehead atoms. The zero-order valence-electron chi connectivity index (χ0n) is 11.1. The van der Waals surface area contributed by atoms with Gasteiger partial charge >= 0.3 is 6.18 Å². The van der Waals surface area contributed by atoms with Crippen LogP contribution >= 0.6 is 0 Å². The Kier molecular flexibility index (Phi) is 4.44. The van der Waals surface area contributed by atoms with Crippen molar-refractivity contribution < 1.29 is 13.2 Å². The first-order valence-corrected chi connectivity index (χ1v) is 6.32. The van der Waals surface area contributed by atoms with Crippen molar-refractivity contribution in [3.05, 3.63) is 53.6 Å². The Morgan fingerprint density at radius 3 is 2.65 bits per heavy atom. The summed E-state index contributed by atoms with van der Waals surface area (Å²) in [5.41, 5.74) is -0.311. The third-order valence-electron chi connectivity index (χ3n) is 3.09. The molecular weight excluding hydrogens is 267 g/mol. The quantitative estimate of drug-likeness (QED) is 0.855. The molecule has 0 aliphatic rings. The molecule has 108 valence electrons. The van der Waals surface area contributed by atoms with Gasteiger partial charge in [0.2, 0.25) is 0 Å². The first-order chi connectivity index (χ1) is 9.48. The summed E-state index contributed by atoms with van der Waals surface area (Å²) in [6.07, 6.45) is -0.756. The monoisotopic (exact) mass is 283 g/mol. The van der Waals surface area contributed by atoms with E-state index in [9.17, 15) is 13.2 Å². The summed E-state index contributed by atoms with van der Waals surface area (Å²) in [6.45, 7) is 3.35. The molecule has 0 amide bonds. The zero-order valence-corrected chi connectivity index (χ0v) is 11.1. The SMILES string of the molecule is Cc1nccn1CCNCc1ccccc1C(F)(F)F. The lowest BCUT2D eigenvalue weighted by atomic mass is 10.1. The van der Waals surface area contributed by atoms with Gasteiger partial charge in [-0.05, 0) is 18.6 Å². The van der Waals surface area contributed by atoms with Crippen LogP contribution in [-0.2, 0) is 19.3 Å². The number of imidazole rings is 1. The summed E-state index contributed by atoms with van der Waals surface area (Å²) < 4.78 is 40.3. The van der Waals surface area contributed by atoms with E-state index in [2.05, 4.69) is 10.3 Å². The number of benzene rings is 1. The molecular formula is C14H16F3N3. The van der Waals surface area contributed by atoms with E-state index in [1.54, 1.807) is 12.3 Å². The Hall–Kier alpha value is -1.82. The third kappa shape index (κ3) is 3.60. The number of nitrogens with zero attached hydrogens (tertiary/aromatic N) is 2. The number of rotatable bonds is 5. The summed E-state index contributed by atoms with van der Waals surface area (Å²) >= 11 is 0. The fourth-order valence-electron chi connectivity index (χ4n) is 2.01. The maximum atomic E-state index is 12.8. The van der Waals surface area contributed by atoms with Crippen molar-refractivity contribution >= 4 is 0 Å². The van der Waals surface area contributed by atoms with E-state index in [-0.39, 0.29) is 12.1 Å². The molecule has 6 heteroatoms. The Labute approximate surface area is 115 Å². The van der Waals surface area contributed by atoms with Crippen LogP contribution in [0.1, 0.15) is 17.0 Å². The van der Waals surface area contributed by atoms with Gasteiger partial charge in [-0.25, -0.2) is 4.98 Å². The van der Waals surface area contributed by atoms with Crippen molar-refractivity contribution in [1.29, 1.82) is 0 Å². The second-order valence-corrected chi connectivity index (χ2v) is 4.50. The van der Waals surface area contributed by atoms with Crippen molar-refractivity contribution in [3.63, 3.8) is 0 Å². The number of aryl methyl sites for hydroxylation is 1. The average molecular weight is 283 g/mol. The number of aromatic nitrogens is 2. The van der Waals surface area contributed by atoms with E-state index in [0.717, 1.165) is 11.9 Å². The predicted molar refractivity (Wildman–Crippen MR) is 70.1 cm³/mol. The van der Waals surface area contributed by atoms with Crippen molar-refractivity contribution in [2.75, 3.05) is 6.54 Å². The molecule has 1 aromatic heterocycles. The second-order valence-electron chi connectivity index (χ2n) is 4.50. The summed E-state index contributed by atoms with van der Waals surface area (Å²) in [5, 5.41) is 3.03. The van der Waals surface area contributed by atoms with Crippen LogP contribution in [0.25, 0.3) is 0 Å². The Bertz CT molecular complexity index is 561. The van der Waals surface area contributed by atoms with Crippen LogP contribution in [0.5, 0.6) is 0 Å². The van der Waals surface area contributed by atoms with Crippen LogP contribution in [-0.4, -0.2) is 16.1 Å². The van der Waals surface area contributed by atoms with Crippen molar-refractivity contribution in [2.24, 2.45) is 0 Å². The summed E-state index contributed by atoms with van der Waals surface area (Å²) in [6, 6.07) is 5.63. The molecule has 3 nitrogen and oxygen atoms in total. The van der Waals surface area contributed by atoms with Crippen LogP contribution < -0.4 is 5.32 Å². The van der Waals surface area contributed by atoms with Gasteiger partial charge < -0.3 is 9.88 Å². The zero-order chi connectivity index (χ0) is 14.6. The molecule has 0 atom stereocenters. The molecule has 0 aliphatic carbocycles. The minimum atomic E-state index is -4.31. The van der Waals surface area contributed by atoms with Crippen LogP contribution in [0.15, 0.2) is 36.7 Å². The maximum absolute atomic E-state index is 12.8. The maximum Gasteiger partial charge on any atom is 0.416 e. The van der Waals surface area contributed by atoms with Crippen LogP contribution in [0, 0.1) is 6.92 Å². The van der Waals surface area contributed by atoms with Gasteiger partial charge in [-0.15, -0.1) is 0 Å². The Balaban J connectivity index is 1.90. The van der Waals surface area contributed by atoms with Crippen LogP contribution in [0.4, 0.5) is 13.2 Å². The number of halogens is 3. The normalized spacial score (nSPS) is 11.8. The lowest BCUT2D eigenvalue weighted by molar-refractivity contribution is -0.138. The van der Waals surface area contributed by atoms with E-state index in [1.165, 1.54) is 12.1 Å². The molecule has 2 aromatic rings. The molecule has 1 heterocycles. The second kappa shape index (κ2) is 6.09. The lowest BCUT2D eigenvalue weighted by Crippen LogP contribution is -2.21. The highest BCUT2D eigenvalue weighted by Gasteiger charge is 2.32. The largest absolute Gasteiger partial charge is 0.416 e. The highest BCUT2D eigenvalue weighted by Crippen LogP contribution is 2.31. The standard InChI is InChI=1S/C14H16F3N3/c1-11-19-7-9-20(11)8-6-18-10-12-4-2-3-5-13(12)14(15,16)17/h2-5,7,9,18H,6,8,10H2,1H3. The van der Waals surface area contributed by atoms with Gasteiger partial charge in [-0.3, -0.25) is 0 Å². The fraction of sp³-hybridized carbons (Fsp3) is 0.357. The van der Waals surface area contributed by atoms with Gasteiger partial charge in [0, 0.05) is 32.0 Å². The molecule has 20 heavy (non-hydrogen) atoms. The van der Waals surface area contributed by atoms with E-state index >= 15 is 0 Å². The molecule has 0 aliphatic heterocycles. The molecule has 2 rings (SSSR count). The number of alkyl halides is 3. The Morgan fingerprint density at radius 1 is 1.25 bits per heavy atom. The fourth-order valence-corrected chi connectivity index (χ4v) is 2.01. The average Bonchev–Trinajstić information content (AvgIpc) is 2.80.